The van der Waals surface area contributed by atoms with Crippen LogP contribution < -0.4 is 11.1 Å². The van der Waals surface area contributed by atoms with Crippen molar-refractivity contribution in [3.05, 3.63) is 35.9 Å². The molecular weight excluding hydrogens is 244 g/mol. The van der Waals surface area contributed by atoms with E-state index in [1.165, 1.54) is 0 Å². The van der Waals surface area contributed by atoms with Gasteiger partial charge in [-0.1, -0.05) is 42.5 Å². The summed E-state index contributed by atoms with van der Waals surface area (Å²) in [5.74, 6) is 0. The highest BCUT2D eigenvalue weighted by Gasteiger charge is 2.15. The fraction of sp³-hybridized carbons (Fsp3) is 0.364. The van der Waals surface area contributed by atoms with Crippen molar-refractivity contribution in [2.75, 3.05) is 7.05 Å². The van der Waals surface area contributed by atoms with Gasteiger partial charge in [0.15, 0.2) is 0 Å². The van der Waals surface area contributed by atoms with Crippen LogP contribution in [0.25, 0.3) is 0 Å². The van der Waals surface area contributed by atoms with Crippen molar-refractivity contribution in [2.45, 2.75) is 18.6 Å². The Morgan fingerprint density at radius 2 is 2.00 bits per heavy atom. The summed E-state index contributed by atoms with van der Waals surface area (Å²) in [5.41, 5.74) is 6.95. The molecule has 16 heavy (non-hydrogen) atoms. The average molecular weight is 261 g/mol. The van der Waals surface area contributed by atoms with Crippen LogP contribution in [0.5, 0.6) is 0 Å². The Bertz CT molecular complexity index is 321. The molecule has 0 aromatic heterocycles. The first kappa shape index (κ1) is 15.3. The molecular formula is C11H17ClN2OS. The highest BCUT2D eigenvalue weighted by atomic mass is 35.5. The molecule has 4 N–H and O–H groups in total. The molecule has 0 fully saturated rings. The monoisotopic (exact) mass is 260 g/mol. The van der Waals surface area contributed by atoms with E-state index in [4.69, 9.17) is 18.0 Å². The maximum Gasteiger partial charge on any atom is 0.106 e. The van der Waals surface area contributed by atoms with Gasteiger partial charge in [-0.25, -0.2) is 0 Å². The molecule has 2 atom stereocenters. The number of hydrogen-bond acceptors (Lipinski definition) is 3. The van der Waals surface area contributed by atoms with E-state index in [1.807, 2.05) is 30.3 Å². The number of benzene rings is 1. The molecule has 0 aliphatic carbocycles. The first-order chi connectivity index (χ1) is 7.15. The summed E-state index contributed by atoms with van der Waals surface area (Å²) in [4.78, 5) is 0.432. The largest absolute Gasteiger partial charge is 0.386 e. The Kier molecular flexibility index (Phi) is 7.25. The molecule has 0 aliphatic heterocycles. The van der Waals surface area contributed by atoms with E-state index in [9.17, 15) is 5.11 Å². The van der Waals surface area contributed by atoms with Gasteiger partial charge in [-0.3, -0.25) is 0 Å². The van der Waals surface area contributed by atoms with Crippen molar-refractivity contribution in [2.24, 2.45) is 5.73 Å². The van der Waals surface area contributed by atoms with Gasteiger partial charge in [-0.15, -0.1) is 12.4 Å². The number of aliphatic hydroxyl groups excluding tert-OH is 1. The third-order valence-electron chi connectivity index (χ3n) is 2.25. The average Bonchev–Trinajstić information content (AvgIpc) is 2.29. The third kappa shape index (κ3) is 4.45. The van der Waals surface area contributed by atoms with E-state index < -0.39 is 6.10 Å². The lowest BCUT2D eigenvalue weighted by Crippen LogP contribution is -2.32. The van der Waals surface area contributed by atoms with Crippen LogP contribution >= 0.6 is 24.6 Å². The minimum Gasteiger partial charge on any atom is -0.386 e. The van der Waals surface area contributed by atoms with Gasteiger partial charge in [0.25, 0.3) is 0 Å². The topological polar surface area (TPSA) is 58.3 Å². The van der Waals surface area contributed by atoms with E-state index in [0.717, 1.165) is 5.56 Å². The summed E-state index contributed by atoms with van der Waals surface area (Å²) in [7, 11) is 1.69. The van der Waals surface area contributed by atoms with Crippen LogP contribution in [-0.4, -0.2) is 23.2 Å². The molecule has 0 aliphatic rings. The number of halogens is 1. The molecule has 0 spiro atoms. The summed E-state index contributed by atoms with van der Waals surface area (Å²) in [6.45, 7) is 0. The van der Waals surface area contributed by atoms with Gasteiger partial charge >= 0.3 is 0 Å². The van der Waals surface area contributed by atoms with Gasteiger partial charge in [0.1, 0.15) is 11.1 Å². The van der Waals surface area contributed by atoms with Crippen LogP contribution in [0.1, 0.15) is 18.0 Å². The second-order valence-corrected chi connectivity index (χ2v) is 3.82. The zero-order valence-electron chi connectivity index (χ0n) is 9.09. The zero-order chi connectivity index (χ0) is 11.3. The standard InChI is InChI=1S/C11H16N2OS.ClH/c1-13-11(15)10(14)7-9(12)8-5-3-2-4-6-8;/h2-6,9-10,14H,7,12H2,1H3,(H,13,15);1H. The summed E-state index contributed by atoms with van der Waals surface area (Å²) in [6, 6.07) is 9.49. The molecule has 1 aromatic carbocycles. The van der Waals surface area contributed by atoms with Gasteiger partial charge in [0.2, 0.25) is 0 Å². The van der Waals surface area contributed by atoms with Crippen molar-refractivity contribution < 1.29 is 5.11 Å². The van der Waals surface area contributed by atoms with Crippen LogP contribution in [0.4, 0.5) is 0 Å². The molecule has 90 valence electrons. The lowest BCUT2D eigenvalue weighted by Gasteiger charge is -2.17. The molecule has 5 heteroatoms. The lowest BCUT2D eigenvalue weighted by molar-refractivity contribution is 0.219. The van der Waals surface area contributed by atoms with Gasteiger partial charge in [0, 0.05) is 13.1 Å². The maximum absolute atomic E-state index is 9.67. The van der Waals surface area contributed by atoms with Crippen molar-refractivity contribution in [3.63, 3.8) is 0 Å². The summed E-state index contributed by atoms with van der Waals surface area (Å²) in [5, 5.41) is 12.4. The van der Waals surface area contributed by atoms with Crippen molar-refractivity contribution >= 4 is 29.6 Å². The number of aliphatic hydroxyl groups is 1. The molecule has 1 rings (SSSR count). The zero-order valence-corrected chi connectivity index (χ0v) is 10.7. The van der Waals surface area contributed by atoms with Gasteiger partial charge in [-0.05, 0) is 12.0 Å². The van der Waals surface area contributed by atoms with E-state index in [2.05, 4.69) is 5.32 Å². The number of nitrogens with two attached hydrogens (primary N) is 1. The van der Waals surface area contributed by atoms with E-state index in [-0.39, 0.29) is 18.4 Å². The maximum atomic E-state index is 9.67. The first-order valence-electron chi connectivity index (χ1n) is 4.85. The Morgan fingerprint density at radius 3 is 2.50 bits per heavy atom. The Hall–Kier alpha value is -0.680. The highest BCUT2D eigenvalue weighted by molar-refractivity contribution is 7.80. The number of nitrogens with one attached hydrogen (secondary N) is 1. The van der Waals surface area contributed by atoms with Crippen molar-refractivity contribution in [3.8, 4) is 0 Å². The molecule has 0 bridgehead atoms. The van der Waals surface area contributed by atoms with Crippen molar-refractivity contribution in [1.29, 1.82) is 0 Å². The lowest BCUT2D eigenvalue weighted by atomic mass is 10.0. The number of thiocarbonyl (C=S) groups is 1. The molecule has 0 radical (unpaired) electrons. The Balaban J connectivity index is 0.00000225. The highest BCUT2D eigenvalue weighted by Crippen LogP contribution is 2.15. The first-order valence-corrected chi connectivity index (χ1v) is 5.26. The fourth-order valence-electron chi connectivity index (χ4n) is 1.35. The van der Waals surface area contributed by atoms with Gasteiger partial charge in [-0.2, -0.15) is 0 Å². The molecule has 3 nitrogen and oxygen atoms in total. The summed E-state index contributed by atoms with van der Waals surface area (Å²) >= 11 is 4.93. The molecule has 0 saturated carbocycles. The predicted molar refractivity (Wildman–Crippen MR) is 72.9 cm³/mol. The molecule has 0 saturated heterocycles. The Morgan fingerprint density at radius 1 is 1.44 bits per heavy atom. The molecule has 2 unspecified atom stereocenters. The molecule has 1 aromatic rings. The summed E-state index contributed by atoms with van der Waals surface area (Å²) < 4.78 is 0. The second kappa shape index (κ2) is 7.57. The molecule has 0 amide bonds. The van der Waals surface area contributed by atoms with Crippen LogP contribution in [-0.2, 0) is 0 Å². The third-order valence-corrected chi connectivity index (χ3v) is 2.73. The minimum atomic E-state index is -0.680. The van der Waals surface area contributed by atoms with Crippen LogP contribution in [0.2, 0.25) is 0 Å². The van der Waals surface area contributed by atoms with Crippen LogP contribution in [0.15, 0.2) is 30.3 Å². The second-order valence-electron chi connectivity index (χ2n) is 3.38. The fourth-order valence-corrected chi connectivity index (χ4v) is 1.45. The van der Waals surface area contributed by atoms with E-state index >= 15 is 0 Å². The van der Waals surface area contributed by atoms with Gasteiger partial charge in [0.05, 0.1) is 0 Å². The van der Waals surface area contributed by atoms with Crippen LogP contribution in [0.3, 0.4) is 0 Å². The summed E-state index contributed by atoms with van der Waals surface area (Å²) in [6.07, 6.45) is -0.246. The number of hydrogen-bond donors (Lipinski definition) is 3. The van der Waals surface area contributed by atoms with Crippen molar-refractivity contribution in [1.82, 2.24) is 5.32 Å². The SMILES string of the molecule is CNC(=S)C(O)CC(N)c1ccccc1.Cl. The van der Waals surface area contributed by atoms with E-state index in [1.54, 1.807) is 7.05 Å². The number of likely N-dealkylation sites (N-methyl/N-ethyl adjacent to an activating group) is 1. The number of rotatable bonds is 4. The normalized spacial score (nSPS) is 13.4. The van der Waals surface area contributed by atoms with Gasteiger partial charge < -0.3 is 16.2 Å². The Labute approximate surface area is 107 Å². The van der Waals surface area contributed by atoms with Crippen LogP contribution in [0, 0.1) is 0 Å². The van der Waals surface area contributed by atoms with E-state index in [0.29, 0.717) is 11.4 Å². The quantitative estimate of drug-likeness (QED) is 0.717. The molecule has 0 heterocycles. The predicted octanol–water partition coefficient (Wildman–Crippen LogP) is 1.41. The smallest absolute Gasteiger partial charge is 0.106 e. The minimum absolute atomic E-state index is 0.